The molecule has 0 fully saturated rings. The molecule has 32 heavy (non-hydrogen) atoms. The normalized spacial score (nSPS) is 15.3. The van der Waals surface area contributed by atoms with E-state index in [1.807, 2.05) is 30.3 Å². The molecule has 1 atom stereocenters. The lowest BCUT2D eigenvalue weighted by Gasteiger charge is -2.25. The van der Waals surface area contributed by atoms with Gasteiger partial charge < -0.3 is 28.0 Å². The van der Waals surface area contributed by atoms with Gasteiger partial charge in [0.05, 0.1) is 46.5 Å². The third-order valence-electron chi connectivity index (χ3n) is 5.49. The van der Waals surface area contributed by atoms with Gasteiger partial charge in [-0.25, -0.2) is 4.98 Å². The van der Waals surface area contributed by atoms with Crippen molar-refractivity contribution in [1.82, 2.24) is 19.7 Å². The molecule has 9 heteroatoms. The van der Waals surface area contributed by atoms with Crippen molar-refractivity contribution in [2.75, 3.05) is 21.3 Å². The minimum absolute atomic E-state index is 0.0690. The largest absolute Gasteiger partial charge is 0.497 e. The van der Waals surface area contributed by atoms with Crippen LogP contribution >= 0.6 is 0 Å². The zero-order chi connectivity index (χ0) is 22.1. The van der Waals surface area contributed by atoms with Gasteiger partial charge in [0.2, 0.25) is 5.82 Å². The third-order valence-corrected chi connectivity index (χ3v) is 5.49. The highest BCUT2D eigenvalue weighted by Crippen LogP contribution is 2.34. The number of aromatic nitrogens is 4. The lowest BCUT2D eigenvalue weighted by Crippen LogP contribution is -2.20. The molecule has 0 N–H and O–H groups in total. The fourth-order valence-corrected chi connectivity index (χ4v) is 3.74. The summed E-state index contributed by atoms with van der Waals surface area (Å²) in [6.07, 6.45) is 1.71. The molecule has 0 radical (unpaired) electrons. The molecule has 1 aliphatic heterocycles. The smallest absolute Gasteiger partial charge is 0.278 e. The van der Waals surface area contributed by atoms with Gasteiger partial charge in [-0.2, -0.15) is 4.98 Å². The van der Waals surface area contributed by atoms with Crippen molar-refractivity contribution in [3.63, 3.8) is 0 Å². The van der Waals surface area contributed by atoms with Gasteiger partial charge in [-0.15, -0.1) is 0 Å². The highest BCUT2D eigenvalue weighted by molar-refractivity contribution is 5.63. The first-order valence-electron chi connectivity index (χ1n) is 10.1. The number of fused-ring (bicyclic) bond motifs is 1. The molecule has 164 valence electrons. The van der Waals surface area contributed by atoms with Crippen LogP contribution in [0.15, 0.2) is 53.3 Å². The summed E-state index contributed by atoms with van der Waals surface area (Å²) >= 11 is 0. The van der Waals surface area contributed by atoms with Gasteiger partial charge in [0, 0.05) is 5.56 Å². The monoisotopic (exact) mass is 434 g/mol. The van der Waals surface area contributed by atoms with E-state index < -0.39 is 0 Å². The fourth-order valence-electron chi connectivity index (χ4n) is 3.74. The molecule has 0 saturated heterocycles. The number of imidazole rings is 1. The van der Waals surface area contributed by atoms with E-state index >= 15 is 0 Å². The van der Waals surface area contributed by atoms with Crippen molar-refractivity contribution in [2.24, 2.45) is 0 Å². The van der Waals surface area contributed by atoms with Gasteiger partial charge in [0.15, 0.2) is 17.2 Å². The Morgan fingerprint density at radius 1 is 0.969 bits per heavy atom. The zero-order valence-corrected chi connectivity index (χ0v) is 17.9. The number of rotatable bonds is 6. The minimum Gasteiger partial charge on any atom is -0.497 e. The van der Waals surface area contributed by atoms with Crippen molar-refractivity contribution in [3.8, 4) is 40.2 Å². The summed E-state index contributed by atoms with van der Waals surface area (Å²) in [7, 11) is 4.83. The van der Waals surface area contributed by atoms with Crippen LogP contribution < -0.4 is 14.2 Å². The van der Waals surface area contributed by atoms with E-state index in [0.717, 1.165) is 22.6 Å². The van der Waals surface area contributed by atoms with Crippen LogP contribution in [0.5, 0.6) is 17.2 Å². The van der Waals surface area contributed by atoms with Crippen LogP contribution in [0.3, 0.4) is 0 Å². The van der Waals surface area contributed by atoms with E-state index in [-0.39, 0.29) is 6.10 Å². The number of ether oxygens (including phenoxy) is 4. The quantitative estimate of drug-likeness (QED) is 0.451. The van der Waals surface area contributed by atoms with Crippen molar-refractivity contribution in [3.05, 3.63) is 60.0 Å². The van der Waals surface area contributed by atoms with Crippen LogP contribution in [-0.4, -0.2) is 41.0 Å². The molecule has 4 aromatic rings. The van der Waals surface area contributed by atoms with E-state index in [4.69, 9.17) is 23.5 Å². The number of hydrogen-bond donors (Lipinski definition) is 0. The molecule has 2 aromatic heterocycles. The SMILES string of the molecule is COc1ccc([C@@H]2Cn3cnc(-c4nc(-c5ccc(OC)c(OC)c5)no4)c3CO2)cc1. The van der Waals surface area contributed by atoms with Gasteiger partial charge in [-0.3, -0.25) is 0 Å². The predicted molar refractivity (Wildman–Crippen MR) is 115 cm³/mol. The van der Waals surface area contributed by atoms with E-state index in [9.17, 15) is 0 Å². The molecule has 0 aliphatic carbocycles. The number of benzene rings is 2. The summed E-state index contributed by atoms with van der Waals surface area (Å²) < 4.78 is 29.6. The molecule has 0 spiro atoms. The second-order valence-corrected chi connectivity index (χ2v) is 7.26. The van der Waals surface area contributed by atoms with Crippen LogP contribution in [0.25, 0.3) is 23.0 Å². The molecule has 0 bridgehead atoms. The Kier molecular flexibility index (Phi) is 5.24. The number of hydrogen-bond acceptors (Lipinski definition) is 8. The summed E-state index contributed by atoms with van der Waals surface area (Å²) in [5, 5.41) is 4.12. The Morgan fingerprint density at radius 3 is 2.53 bits per heavy atom. The summed E-state index contributed by atoms with van der Waals surface area (Å²) in [5.74, 6) is 2.82. The topological polar surface area (TPSA) is 93.7 Å². The average molecular weight is 434 g/mol. The van der Waals surface area contributed by atoms with Crippen molar-refractivity contribution < 1.29 is 23.5 Å². The maximum Gasteiger partial charge on any atom is 0.278 e. The molecule has 0 saturated carbocycles. The van der Waals surface area contributed by atoms with Gasteiger partial charge in [0.1, 0.15) is 11.9 Å². The Labute approximate surface area is 184 Å². The molecule has 2 aromatic carbocycles. The molecule has 5 rings (SSSR count). The van der Waals surface area contributed by atoms with Gasteiger partial charge in [0.25, 0.3) is 5.89 Å². The van der Waals surface area contributed by atoms with Crippen LogP contribution in [0, 0.1) is 0 Å². The minimum atomic E-state index is -0.0690. The molecule has 1 aliphatic rings. The second-order valence-electron chi connectivity index (χ2n) is 7.26. The van der Waals surface area contributed by atoms with Crippen molar-refractivity contribution in [2.45, 2.75) is 19.3 Å². The zero-order valence-electron chi connectivity index (χ0n) is 17.9. The maximum absolute atomic E-state index is 6.11. The fraction of sp³-hybridized carbons (Fsp3) is 0.261. The molecule has 0 amide bonds. The van der Waals surface area contributed by atoms with Gasteiger partial charge >= 0.3 is 0 Å². The Bertz CT molecular complexity index is 1230. The van der Waals surface area contributed by atoms with E-state index in [1.54, 1.807) is 39.8 Å². The third kappa shape index (κ3) is 3.56. The first kappa shape index (κ1) is 20.1. The summed E-state index contributed by atoms with van der Waals surface area (Å²) in [6, 6.07) is 13.3. The number of methoxy groups -OCH3 is 3. The molecular weight excluding hydrogens is 412 g/mol. The van der Waals surface area contributed by atoms with E-state index in [1.165, 1.54) is 0 Å². The van der Waals surface area contributed by atoms with Crippen LogP contribution in [0.2, 0.25) is 0 Å². The Morgan fingerprint density at radius 2 is 1.78 bits per heavy atom. The summed E-state index contributed by atoms with van der Waals surface area (Å²) in [4.78, 5) is 9.05. The van der Waals surface area contributed by atoms with Crippen LogP contribution in [0.4, 0.5) is 0 Å². The summed E-state index contributed by atoms with van der Waals surface area (Å²) in [5.41, 5.74) is 3.36. The van der Waals surface area contributed by atoms with Crippen molar-refractivity contribution in [1.29, 1.82) is 0 Å². The van der Waals surface area contributed by atoms with Gasteiger partial charge in [-0.1, -0.05) is 17.3 Å². The first-order chi connectivity index (χ1) is 15.7. The second kappa shape index (κ2) is 8.35. The first-order valence-corrected chi connectivity index (χ1v) is 10.1. The highest BCUT2D eigenvalue weighted by Gasteiger charge is 2.26. The molecule has 9 nitrogen and oxygen atoms in total. The lowest BCUT2D eigenvalue weighted by atomic mass is 10.1. The lowest BCUT2D eigenvalue weighted by molar-refractivity contribution is 0.00328. The van der Waals surface area contributed by atoms with Crippen LogP contribution in [-0.2, 0) is 17.9 Å². The average Bonchev–Trinajstić information content (AvgIpc) is 3.50. The Balaban J connectivity index is 1.38. The number of nitrogens with zero attached hydrogens (tertiary/aromatic N) is 4. The maximum atomic E-state index is 6.11. The molecular formula is C23H22N4O5. The predicted octanol–water partition coefficient (Wildman–Crippen LogP) is 3.90. The van der Waals surface area contributed by atoms with Crippen molar-refractivity contribution >= 4 is 0 Å². The standard InChI is InChI=1S/C23H22N4O5/c1-28-16-7-4-14(5-8-16)20-11-27-13-24-21(17(27)12-31-20)23-25-22(26-32-23)15-6-9-18(29-2)19(10-15)30-3/h4-10,13,20H,11-12H2,1-3H3/t20-/m0/s1. The molecule has 0 unspecified atom stereocenters. The van der Waals surface area contributed by atoms with E-state index in [0.29, 0.717) is 42.1 Å². The van der Waals surface area contributed by atoms with Gasteiger partial charge in [-0.05, 0) is 35.9 Å². The van der Waals surface area contributed by atoms with Crippen LogP contribution in [0.1, 0.15) is 17.4 Å². The van der Waals surface area contributed by atoms with E-state index in [2.05, 4.69) is 19.7 Å². The Hall–Kier alpha value is -3.85. The summed E-state index contributed by atoms with van der Waals surface area (Å²) in [6.45, 7) is 1.03. The molecule has 3 heterocycles. The highest BCUT2D eigenvalue weighted by atomic mass is 16.5.